The highest BCUT2D eigenvalue weighted by Crippen LogP contribution is 2.18. The van der Waals surface area contributed by atoms with Crippen LogP contribution >= 0.6 is 11.6 Å². The Morgan fingerprint density at radius 3 is 2.29 bits per heavy atom. The van der Waals surface area contributed by atoms with Gasteiger partial charge in [0.1, 0.15) is 18.5 Å². The van der Waals surface area contributed by atoms with Crippen molar-refractivity contribution < 1.29 is 9.84 Å². The Labute approximate surface area is 105 Å². The molecule has 0 heterocycles. The van der Waals surface area contributed by atoms with Crippen molar-refractivity contribution in [2.75, 3.05) is 6.61 Å². The van der Waals surface area contributed by atoms with Gasteiger partial charge in [-0.15, -0.1) is 0 Å². The molecule has 0 radical (unpaired) electrons. The van der Waals surface area contributed by atoms with Crippen molar-refractivity contribution in [3.63, 3.8) is 0 Å². The van der Waals surface area contributed by atoms with Crippen molar-refractivity contribution in [2.45, 2.75) is 6.10 Å². The van der Waals surface area contributed by atoms with Gasteiger partial charge in [-0.05, 0) is 29.8 Å². The maximum atomic E-state index is 9.89. The van der Waals surface area contributed by atoms with E-state index >= 15 is 0 Å². The monoisotopic (exact) mass is 248 g/mol. The van der Waals surface area contributed by atoms with Crippen LogP contribution in [0.25, 0.3) is 0 Å². The Morgan fingerprint density at radius 2 is 1.65 bits per heavy atom. The summed E-state index contributed by atoms with van der Waals surface area (Å²) in [5.74, 6) is 0.699. The minimum atomic E-state index is -0.619. The van der Waals surface area contributed by atoms with Crippen molar-refractivity contribution >= 4 is 11.6 Å². The van der Waals surface area contributed by atoms with E-state index < -0.39 is 6.10 Å². The van der Waals surface area contributed by atoms with Gasteiger partial charge in [0.2, 0.25) is 0 Å². The molecule has 0 aliphatic rings. The molecule has 1 unspecified atom stereocenters. The lowest BCUT2D eigenvalue weighted by atomic mass is 10.1. The smallest absolute Gasteiger partial charge is 0.119 e. The lowest BCUT2D eigenvalue weighted by Crippen LogP contribution is -2.09. The fourth-order valence-corrected chi connectivity index (χ4v) is 1.60. The molecule has 2 rings (SSSR count). The number of aliphatic hydroxyl groups is 1. The normalized spacial score (nSPS) is 12.1. The molecule has 0 fully saturated rings. The second kappa shape index (κ2) is 5.71. The molecule has 1 N–H and O–H groups in total. The molecule has 0 bridgehead atoms. The van der Waals surface area contributed by atoms with Crippen molar-refractivity contribution in [2.24, 2.45) is 0 Å². The fourth-order valence-electron chi connectivity index (χ4n) is 1.48. The van der Waals surface area contributed by atoms with Gasteiger partial charge in [0, 0.05) is 5.02 Å². The Balaban J connectivity index is 1.92. The zero-order valence-electron chi connectivity index (χ0n) is 9.21. The molecule has 1 atom stereocenters. The molecule has 0 saturated carbocycles. The van der Waals surface area contributed by atoms with Crippen LogP contribution in [0.4, 0.5) is 0 Å². The molecule has 0 amide bonds. The zero-order chi connectivity index (χ0) is 12.1. The summed E-state index contributed by atoms with van der Waals surface area (Å²) in [5.41, 5.74) is 0.849. The van der Waals surface area contributed by atoms with Crippen LogP contribution in [0.3, 0.4) is 0 Å². The standard InChI is InChI=1S/C14H13ClO2/c15-12-6-8-13(9-7-12)17-10-14(16)11-4-2-1-3-5-11/h1-9,14,16H,10H2. The van der Waals surface area contributed by atoms with Gasteiger partial charge in [-0.2, -0.15) is 0 Å². The quantitative estimate of drug-likeness (QED) is 0.898. The minimum absolute atomic E-state index is 0.228. The molecule has 0 aliphatic heterocycles. The Kier molecular flexibility index (Phi) is 4.02. The molecular formula is C14H13ClO2. The van der Waals surface area contributed by atoms with Crippen LogP contribution in [-0.4, -0.2) is 11.7 Å². The second-order valence-corrected chi connectivity index (χ2v) is 4.13. The van der Waals surface area contributed by atoms with Crippen molar-refractivity contribution in [3.8, 4) is 5.75 Å². The SMILES string of the molecule is OC(COc1ccc(Cl)cc1)c1ccccc1. The summed E-state index contributed by atoms with van der Waals surface area (Å²) in [4.78, 5) is 0. The first-order chi connectivity index (χ1) is 8.25. The van der Waals surface area contributed by atoms with E-state index in [1.807, 2.05) is 30.3 Å². The highest BCUT2D eigenvalue weighted by atomic mass is 35.5. The van der Waals surface area contributed by atoms with Gasteiger partial charge in [-0.3, -0.25) is 0 Å². The van der Waals surface area contributed by atoms with E-state index in [4.69, 9.17) is 16.3 Å². The van der Waals surface area contributed by atoms with Gasteiger partial charge in [-0.1, -0.05) is 41.9 Å². The number of aliphatic hydroxyl groups excluding tert-OH is 1. The molecular weight excluding hydrogens is 236 g/mol. The van der Waals surface area contributed by atoms with Crippen molar-refractivity contribution in [1.82, 2.24) is 0 Å². The second-order valence-electron chi connectivity index (χ2n) is 3.69. The maximum absolute atomic E-state index is 9.89. The van der Waals surface area contributed by atoms with Crippen LogP contribution in [0, 0.1) is 0 Å². The third-order valence-electron chi connectivity index (χ3n) is 2.41. The average Bonchev–Trinajstić information content (AvgIpc) is 2.39. The van der Waals surface area contributed by atoms with E-state index in [0.717, 1.165) is 5.56 Å². The summed E-state index contributed by atoms with van der Waals surface area (Å²) in [6.07, 6.45) is -0.619. The van der Waals surface area contributed by atoms with Crippen molar-refractivity contribution in [3.05, 3.63) is 65.2 Å². The summed E-state index contributed by atoms with van der Waals surface area (Å²) >= 11 is 5.77. The van der Waals surface area contributed by atoms with Crippen LogP contribution in [-0.2, 0) is 0 Å². The first kappa shape index (κ1) is 12.0. The van der Waals surface area contributed by atoms with Gasteiger partial charge < -0.3 is 9.84 Å². The Bertz CT molecular complexity index is 453. The predicted molar refractivity (Wildman–Crippen MR) is 68.3 cm³/mol. The van der Waals surface area contributed by atoms with Crippen molar-refractivity contribution in [1.29, 1.82) is 0 Å². The van der Waals surface area contributed by atoms with E-state index in [1.54, 1.807) is 24.3 Å². The van der Waals surface area contributed by atoms with E-state index in [1.165, 1.54) is 0 Å². The van der Waals surface area contributed by atoms with E-state index in [-0.39, 0.29) is 6.61 Å². The van der Waals surface area contributed by atoms with Gasteiger partial charge in [0.05, 0.1) is 0 Å². The third kappa shape index (κ3) is 3.48. The van der Waals surface area contributed by atoms with Crippen LogP contribution in [0.5, 0.6) is 5.75 Å². The molecule has 17 heavy (non-hydrogen) atoms. The predicted octanol–water partition coefficient (Wildman–Crippen LogP) is 3.45. The highest BCUT2D eigenvalue weighted by Gasteiger charge is 2.07. The summed E-state index contributed by atoms with van der Waals surface area (Å²) in [5, 5.41) is 10.6. The molecule has 2 aromatic rings. The van der Waals surface area contributed by atoms with Gasteiger partial charge in [0.25, 0.3) is 0 Å². The molecule has 0 saturated heterocycles. The van der Waals surface area contributed by atoms with E-state index in [2.05, 4.69) is 0 Å². The van der Waals surface area contributed by atoms with E-state index in [0.29, 0.717) is 10.8 Å². The molecule has 88 valence electrons. The fraction of sp³-hybridized carbons (Fsp3) is 0.143. The zero-order valence-corrected chi connectivity index (χ0v) is 9.97. The third-order valence-corrected chi connectivity index (χ3v) is 2.66. The lowest BCUT2D eigenvalue weighted by Gasteiger charge is -2.12. The average molecular weight is 249 g/mol. The van der Waals surface area contributed by atoms with Crippen LogP contribution in [0.15, 0.2) is 54.6 Å². The summed E-state index contributed by atoms with van der Waals surface area (Å²) < 4.78 is 5.47. The van der Waals surface area contributed by atoms with E-state index in [9.17, 15) is 5.11 Å². The summed E-state index contributed by atoms with van der Waals surface area (Å²) in [7, 11) is 0. The molecule has 0 spiro atoms. The topological polar surface area (TPSA) is 29.5 Å². The number of rotatable bonds is 4. The summed E-state index contributed by atoms with van der Waals surface area (Å²) in [6.45, 7) is 0.228. The molecule has 0 aliphatic carbocycles. The lowest BCUT2D eigenvalue weighted by molar-refractivity contribution is 0.108. The van der Waals surface area contributed by atoms with Gasteiger partial charge in [0.15, 0.2) is 0 Å². The molecule has 0 aromatic heterocycles. The number of hydrogen-bond acceptors (Lipinski definition) is 2. The van der Waals surface area contributed by atoms with Gasteiger partial charge in [-0.25, -0.2) is 0 Å². The van der Waals surface area contributed by atoms with Crippen LogP contribution in [0.1, 0.15) is 11.7 Å². The molecule has 3 heteroatoms. The number of ether oxygens (including phenoxy) is 1. The Morgan fingerprint density at radius 1 is 1.00 bits per heavy atom. The molecule has 2 aromatic carbocycles. The Hall–Kier alpha value is -1.51. The number of hydrogen-bond donors (Lipinski definition) is 1. The largest absolute Gasteiger partial charge is 0.491 e. The van der Waals surface area contributed by atoms with Crippen LogP contribution in [0.2, 0.25) is 5.02 Å². The first-order valence-electron chi connectivity index (χ1n) is 5.37. The summed E-state index contributed by atoms with van der Waals surface area (Å²) in [6, 6.07) is 16.5. The van der Waals surface area contributed by atoms with Gasteiger partial charge >= 0.3 is 0 Å². The number of benzene rings is 2. The first-order valence-corrected chi connectivity index (χ1v) is 5.75. The highest BCUT2D eigenvalue weighted by molar-refractivity contribution is 6.30. The maximum Gasteiger partial charge on any atom is 0.119 e. The number of halogens is 1. The molecule has 2 nitrogen and oxygen atoms in total. The minimum Gasteiger partial charge on any atom is -0.491 e. The van der Waals surface area contributed by atoms with Crippen LogP contribution < -0.4 is 4.74 Å².